The molecule has 0 spiro atoms. The van der Waals surface area contributed by atoms with Gasteiger partial charge in [0, 0.05) is 12.1 Å². The van der Waals surface area contributed by atoms with Gasteiger partial charge < -0.3 is 4.74 Å². The first-order chi connectivity index (χ1) is 19.3. The minimum Gasteiger partial charge on any atom is -0.488 e. The monoisotopic (exact) mass is 597 g/mol. The number of halogens is 1. The summed E-state index contributed by atoms with van der Waals surface area (Å²) in [5.74, 6) is -0.972. The van der Waals surface area contributed by atoms with E-state index in [-0.39, 0.29) is 17.9 Å². The number of nitro groups is 1. The maximum Gasteiger partial charge on any atom is 0.343 e. The highest BCUT2D eigenvalue weighted by molar-refractivity contribution is 9.10. The Balaban J connectivity index is 1.44. The van der Waals surface area contributed by atoms with Gasteiger partial charge in [-0.05, 0) is 81.7 Å². The zero-order chi connectivity index (χ0) is 28.2. The van der Waals surface area contributed by atoms with Gasteiger partial charge in [0.05, 0.1) is 20.8 Å². The number of non-ortho nitro benzene ring substituents is 1. The van der Waals surface area contributed by atoms with Gasteiger partial charge in [-0.1, -0.05) is 42.5 Å². The number of benzene rings is 4. The van der Waals surface area contributed by atoms with Gasteiger partial charge in [-0.15, -0.1) is 0 Å². The van der Waals surface area contributed by atoms with Crippen LogP contribution in [0.1, 0.15) is 11.1 Å². The lowest BCUT2D eigenvalue weighted by atomic mass is 10.0. The summed E-state index contributed by atoms with van der Waals surface area (Å²) in [7, 11) is 0. The minimum absolute atomic E-state index is 0.00696. The number of carbonyl (C=O) groups is 3. The molecule has 198 valence electrons. The summed E-state index contributed by atoms with van der Waals surface area (Å²) in [6.45, 7) is 0.175. The van der Waals surface area contributed by atoms with Gasteiger partial charge in [-0.25, -0.2) is 14.6 Å². The number of hydrogen-bond acceptors (Lipinski definition) is 6. The first kappa shape index (κ1) is 26.5. The van der Waals surface area contributed by atoms with Crippen molar-refractivity contribution in [2.45, 2.75) is 6.61 Å². The van der Waals surface area contributed by atoms with Crippen molar-refractivity contribution in [3.05, 3.63) is 134 Å². The maximum atomic E-state index is 13.5. The molecule has 1 aliphatic heterocycles. The highest BCUT2D eigenvalue weighted by Gasteiger charge is 2.43. The number of rotatable bonds is 7. The lowest BCUT2D eigenvalue weighted by molar-refractivity contribution is -0.384. The van der Waals surface area contributed by atoms with Crippen LogP contribution in [0.4, 0.5) is 21.9 Å². The number of hydrogen-bond donors (Lipinski definition) is 0. The second-order valence-electron chi connectivity index (χ2n) is 8.69. The van der Waals surface area contributed by atoms with Crippen molar-refractivity contribution in [2.24, 2.45) is 0 Å². The van der Waals surface area contributed by atoms with Crippen LogP contribution < -0.4 is 14.5 Å². The third-order valence-electron chi connectivity index (χ3n) is 6.09. The fraction of sp³-hybridized carbons (Fsp3) is 0.0333. The van der Waals surface area contributed by atoms with Crippen LogP contribution in [0.3, 0.4) is 0 Å². The Morgan fingerprint density at radius 1 is 0.775 bits per heavy atom. The molecular weight excluding hydrogens is 578 g/mol. The van der Waals surface area contributed by atoms with E-state index in [0.29, 0.717) is 27.2 Å². The Kier molecular flexibility index (Phi) is 7.52. The predicted molar refractivity (Wildman–Crippen MR) is 153 cm³/mol. The van der Waals surface area contributed by atoms with Crippen molar-refractivity contribution >= 4 is 56.9 Å². The van der Waals surface area contributed by atoms with Gasteiger partial charge in [-0.3, -0.25) is 19.7 Å². The fourth-order valence-corrected chi connectivity index (χ4v) is 4.62. The molecule has 1 aliphatic rings. The number of anilines is 2. The van der Waals surface area contributed by atoms with Crippen molar-refractivity contribution < 1.29 is 24.0 Å². The van der Waals surface area contributed by atoms with Crippen LogP contribution in [-0.2, 0) is 16.2 Å². The standard InChI is InChI=1S/C30H20BrN3O6/c31-26-18-21(13-16-27(26)40-19-20-11-14-24(15-12-20)34(38)39)17-25-28(35)32(22-7-3-1-4-8-22)30(37)33(29(25)36)23-9-5-2-6-10-23/h1-18H,19H2. The molecule has 1 saturated heterocycles. The molecule has 0 bridgehead atoms. The van der Waals surface area contributed by atoms with E-state index in [2.05, 4.69) is 15.9 Å². The molecule has 9 nitrogen and oxygen atoms in total. The van der Waals surface area contributed by atoms with Gasteiger partial charge >= 0.3 is 6.03 Å². The number of urea groups is 1. The quantitative estimate of drug-likeness (QED) is 0.104. The van der Waals surface area contributed by atoms with Gasteiger partial charge in [0.15, 0.2) is 0 Å². The SMILES string of the molecule is O=C1C(=Cc2ccc(OCc3ccc([N+](=O)[O-])cc3)c(Br)c2)C(=O)N(c2ccccc2)C(=O)N1c1ccccc1. The van der Waals surface area contributed by atoms with Crippen LogP contribution in [-0.4, -0.2) is 22.8 Å². The topological polar surface area (TPSA) is 110 Å². The van der Waals surface area contributed by atoms with Crippen molar-refractivity contribution in [1.29, 1.82) is 0 Å². The third-order valence-corrected chi connectivity index (χ3v) is 6.71. The third kappa shape index (κ3) is 5.38. The van der Waals surface area contributed by atoms with E-state index in [9.17, 15) is 24.5 Å². The van der Waals surface area contributed by atoms with Crippen LogP contribution in [0.15, 0.2) is 113 Å². The normalized spacial score (nSPS) is 13.4. The molecule has 1 heterocycles. The number of para-hydroxylation sites is 2. The van der Waals surface area contributed by atoms with E-state index in [4.69, 9.17) is 4.74 Å². The molecule has 4 aromatic carbocycles. The van der Waals surface area contributed by atoms with Crippen LogP contribution >= 0.6 is 15.9 Å². The summed E-state index contributed by atoms with van der Waals surface area (Å²) in [6.07, 6.45) is 1.44. The van der Waals surface area contributed by atoms with Gasteiger partial charge in [-0.2, -0.15) is 0 Å². The number of nitrogens with zero attached hydrogens (tertiary/aromatic N) is 3. The lowest BCUT2D eigenvalue weighted by Crippen LogP contribution is -2.57. The van der Waals surface area contributed by atoms with Crippen molar-refractivity contribution in [3.63, 3.8) is 0 Å². The zero-order valence-corrected chi connectivity index (χ0v) is 22.4. The highest BCUT2D eigenvalue weighted by Crippen LogP contribution is 2.32. The Bertz CT molecular complexity index is 1580. The summed E-state index contributed by atoms with van der Waals surface area (Å²) in [5.41, 5.74) is 1.77. The molecule has 0 radical (unpaired) electrons. The predicted octanol–water partition coefficient (Wildman–Crippen LogP) is 6.52. The van der Waals surface area contributed by atoms with Crippen molar-refractivity contribution in [3.8, 4) is 5.75 Å². The average Bonchev–Trinajstić information content (AvgIpc) is 2.96. The molecular formula is C30H20BrN3O6. The summed E-state index contributed by atoms with van der Waals surface area (Å²) in [6, 6.07) is 27.2. The Hall–Kier alpha value is -5.09. The Labute approximate surface area is 237 Å². The first-order valence-electron chi connectivity index (χ1n) is 12.0. The molecule has 0 aliphatic carbocycles. The lowest BCUT2D eigenvalue weighted by Gasteiger charge is -2.33. The van der Waals surface area contributed by atoms with Crippen molar-refractivity contribution in [2.75, 3.05) is 9.80 Å². The molecule has 0 aromatic heterocycles. The van der Waals surface area contributed by atoms with Crippen LogP contribution in [0, 0.1) is 10.1 Å². The van der Waals surface area contributed by atoms with Crippen LogP contribution in [0.5, 0.6) is 5.75 Å². The molecule has 4 aromatic rings. The molecule has 1 fully saturated rings. The maximum absolute atomic E-state index is 13.5. The van der Waals surface area contributed by atoms with Gasteiger partial charge in [0.1, 0.15) is 17.9 Å². The Morgan fingerprint density at radius 2 is 1.32 bits per heavy atom. The van der Waals surface area contributed by atoms with Gasteiger partial charge in [0.2, 0.25) is 0 Å². The highest BCUT2D eigenvalue weighted by atomic mass is 79.9. The fourth-order valence-electron chi connectivity index (χ4n) is 4.10. The number of barbiturate groups is 1. The number of amides is 4. The summed E-state index contributed by atoms with van der Waals surface area (Å²) in [4.78, 5) is 52.8. The minimum atomic E-state index is -0.763. The largest absolute Gasteiger partial charge is 0.488 e. The van der Waals surface area contributed by atoms with E-state index in [0.717, 1.165) is 15.4 Å². The molecule has 5 rings (SSSR count). The summed E-state index contributed by atoms with van der Waals surface area (Å²) >= 11 is 3.46. The molecule has 0 N–H and O–H groups in total. The number of imide groups is 2. The molecule has 40 heavy (non-hydrogen) atoms. The van der Waals surface area contributed by atoms with E-state index in [1.807, 2.05) is 0 Å². The van der Waals surface area contributed by atoms with Gasteiger partial charge in [0.25, 0.3) is 17.5 Å². The number of carbonyl (C=O) groups excluding carboxylic acids is 3. The Morgan fingerprint density at radius 3 is 1.82 bits per heavy atom. The molecule has 4 amide bonds. The number of ether oxygens (including phenoxy) is 1. The molecule has 0 saturated carbocycles. The van der Waals surface area contributed by atoms with E-state index >= 15 is 0 Å². The summed E-state index contributed by atoms with van der Waals surface area (Å²) < 4.78 is 6.41. The van der Waals surface area contributed by atoms with E-state index in [1.165, 1.54) is 18.2 Å². The van der Waals surface area contributed by atoms with Crippen LogP contribution in [0.2, 0.25) is 0 Å². The number of nitro benzene ring substituents is 1. The summed E-state index contributed by atoms with van der Waals surface area (Å²) in [5, 5.41) is 10.8. The average molecular weight is 598 g/mol. The van der Waals surface area contributed by atoms with Crippen LogP contribution in [0.25, 0.3) is 6.08 Å². The molecule has 10 heteroatoms. The van der Waals surface area contributed by atoms with E-state index in [1.54, 1.807) is 91.0 Å². The zero-order valence-electron chi connectivity index (χ0n) is 20.8. The van der Waals surface area contributed by atoms with Crippen molar-refractivity contribution in [1.82, 2.24) is 0 Å². The second kappa shape index (κ2) is 11.3. The first-order valence-corrected chi connectivity index (χ1v) is 12.8. The smallest absolute Gasteiger partial charge is 0.343 e. The molecule has 0 atom stereocenters. The second-order valence-corrected chi connectivity index (χ2v) is 9.55. The van der Waals surface area contributed by atoms with E-state index < -0.39 is 22.8 Å². The molecule has 0 unspecified atom stereocenters.